The molecular weight excluding hydrogens is 273 g/mol. The number of piperidine rings is 1. The van der Waals surface area contributed by atoms with E-state index in [9.17, 15) is 12.8 Å². The van der Waals surface area contributed by atoms with Gasteiger partial charge in [-0.1, -0.05) is 0 Å². The lowest BCUT2D eigenvalue weighted by Gasteiger charge is -2.31. The molecule has 0 spiro atoms. The number of rotatable bonds is 4. The van der Waals surface area contributed by atoms with Gasteiger partial charge in [-0.3, -0.25) is 4.18 Å². The molecule has 0 saturated carbocycles. The molecule has 1 fully saturated rings. The van der Waals surface area contributed by atoms with Crippen LogP contribution < -0.4 is 4.90 Å². The summed E-state index contributed by atoms with van der Waals surface area (Å²) in [6.45, 7) is 1.64. The van der Waals surface area contributed by atoms with Crippen LogP contribution >= 0.6 is 0 Å². The molecule has 8 heteroatoms. The van der Waals surface area contributed by atoms with Gasteiger partial charge in [0.25, 0.3) is 10.1 Å². The molecule has 0 aromatic carbocycles. The van der Waals surface area contributed by atoms with E-state index < -0.39 is 15.9 Å². The van der Waals surface area contributed by atoms with Crippen molar-refractivity contribution in [3.63, 3.8) is 0 Å². The van der Waals surface area contributed by atoms with Crippen molar-refractivity contribution in [1.29, 1.82) is 0 Å². The van der Waals surface area contributed by atoms with Crippen LogP contribution in [0.25, 0.3) is 0 Å². The topological polar surface area (TPSA) is 72.4 Å². The third kappa shape index (κ3) is 4.39. The van der Waals surface area contributed by atoms with Crippen molar-refractivity contribution in [2.75, 3.05) is 30.9 Å². The molecule has 1 aliphatic heterocycles. The molecular formula is C11H16FN3O3S. The maximum atomic E-state index is 12.7. The number of hydrogen-bond acceptors (Lipinski definition) is 6. The van der Waals surface area contributed by atoms with Crippen LogP contribution in [-0.2, 0) is 14.3 Å². The average Bonchev–Trinajstić information content (AvgIpc) is 2.37. The van der Waals surface area contributed by atoms with E-state index in [0.29, 0.717) is 19.0 Å². The smallest absolute Gasteiger partial charge is 0.264 e. The van der Waals surface area contributed by atoms with Gasteiger partial charge in [-0.15, -0.1) is 0 Å². The Bertz CT molecular complexity index is 512. The summed E-state index contributed by atoms with van der Waals surface area (Å²) in [5.41, 5.74) is 0. The number of hydrogen-bond donors (Lipinski definition) is 0. The lowest BCUT2D eigenvalue weighted by Crippen LogP contribution is -2.36. The highest BCUT2D eigenvalue weighted by molar-refractivity contribution is 7.85. The summed E-state index contributed by atoms with van der Waals surface area (Å²) in [5.74, 6) is 0.260. The molecule has 0 bridgehead atoms. The molecule has 106 valence electrons. The minimum atomic E-state index is -3.37. The van der Waals surface area contributed by atoms with Crippen LogP contribution in [0.3, 0.4) is 0 Å². The van der Waals surface area contributed by atoms with Gasteiger partial charge in [0.05, 0.1) is 25.3 Å². The van der Waals surface area contributed by atoms with Gasteiger partial charge in [-0.2, -0.15) is 8.42 Å². The van der Waals surface area contributed by atoms with Gasteiger partial charge in [-0.05, 0) is 18.8 Å². The number of halogens is 1. The minimum Gasteiger partial charge on any atom is -0.341 e. The van der Waals surface area contributed by atoms with Gasteiger partial charge >= 0.3 is 0 Å². The zero-order valence-corrected chi connectivity index (χ0v) is 11.4. The second-order valence-corrected chi connectivity index (χ2v) is 6.26. The Labute approximate surface area is 111 Å². The first-order chi connectivity index (χ1) is 8.94. The van der Waals surface area contributed by atoms with Crippen LogP contribution in [-0.4, -0.2) is 44.3 Å². The van der Waals surface area contributed by atoms with E-state index in [0.717, 1.165) is 31.5 Å². The monoisotopic (exact) mass is 289 g/mol. The summed E-state index contributed by atoms with van der Waals surface area (Å²) in [4.78, 5) is 9.80. The van der Waals surface area contributed by atoms with Crippen LogP contribution in [0.2, 0.25) is 0 Å². The van der Waals surface area contributed by atoms with Gasteiger partial charge in [-0.25, -0.2) is 14.4 Å². The molecule has 0 radical (unpaired) electrons. The zero-order chi connectivity index (χ0) is 13.9. The van der Waals surface area contributed by atoms with Crippen LogP contribution in [0.15, 0.2) is 12.4 Å². The Hall–Kier alpha value is -1.28. The van der Waals surface area contributed by atoms with Gasteiger partial charge in [0.2, 0.25) is 5.95 Å². The van der Waals surface area contributed by atoms with E-state index in [1.54, 1.807) is 0 Å². The predicted octanol–water partition coefficient (Wildman–Crippen LogP) is 0.808. The first-order valence-electron chi connectivity index (χ1n) is 6.01. The van der Waals surface area contributed by atoms with E-state index in [-0.39, 0.29) is 12.5 Å². The lowest BCUT2D eigenvalue weighted by molar-refractivity contribution is 0.229. The SMILES string of the molecule is CS(=O)(=O)OCC1CCN(c2ncc(F)cn2)CC1. The average molecular weight is 289 g/mol. The summed E-state index contributed by atoms with van der Waals surface area (Å²) in [5, 5.41) is 0. The summed E-state index contributed by atoms with van der Waals surface area (Å²) >= 11 is 0. The first kappa shape index (κ1) is 14.1. The third-order valence-corrected chi connectivity index (χ3v) is 3.59. The maximum Gasteiger partial charge on any atom is 0.264 e. The molecule has 2 heterocycles. The van der Waals surface area contributed by atoms with Crippen molar-refractivity contribution >= 4 is 16.1 Å². The lowest BCUT2D eigenvalue weighted by atomic mass is 9.98. The Morgan fingerprint density at radius 2 is 1.95 bits per heavy atom. The highest BCUT2D eigenvalue weighted by Crippen LogP contribution is 2.21. The van der Waals surface area contributed by atoms with Gasteiger partial charge in [0.15, 0.2) is 5.82 Å². The highest BCUT2D eigenvalue weighted by Gasteiger charge is 2.22. The van der Waals surface area contributed by atoms with E-state index in [1.165, 1.54) is 0 Å². The number of nitrogens with zero attached hydrogens (tertiary/aromatic N) is 3. The van der Waals surface area contributed by atoms with Crippen LogP contribution in [0.4, 0.5) is 10.3 Å². The third-order valence-electron chi connectivity index (χ3n) is 3.02. The molecule has 1 aliphatic rings. The van der Waals surface area contributed by atoms with Gasteiger partial charge in [0, 0.05) is 13.1 Å². The molecule has 19 heavy (non-hydrogen) atoms. The molecule has 2 rings (SSSR count). The van der Waals surface area contributed by atoms with E-state index >= 15 is 0 Å². The minimum absolute atomic E-state index is 0.214. The standard InChI is InChI=1S/C11H16FN3O3S/c1-19(16,17)18-8-9-2-4-15(5-3-9)11-13-6-10(12)7-14-11/h6-7,9H,2-5,8H2,1H3. The second kappa shape index (κ2) is 5.79. The number of anilines is 1. The quantitative estimate of drug-likeness (QED) is 0.764. The molecule has 0 aliphatic carbocycles. The highest BCUT2D eigenvalue weighted by atomic mass is 32.2. The maximum absolute atomic E-state index is 12.7. The Balaban J connectivity index is 1.84. The van der Waals surface area contributed by atoms with Crippen molar-refractivity contribution in [1.82, 2.24) is 9.97 Å². The zero-order valence-electron chi connectivity index (χ0n) is 10.6. The van der Waals surface area contributed by atoms with Crippen molar-refractivity contribution in [2.45, 2.75) is 12.8 Å². The summed E-state index contributed by atoms with van der Waals surface area (Å²) in [7, 11) is -3.37. The van der Waals surface area contributed by atoms with Crippen molar-refractivity contribution in [2.24, 2.45) is 5.92 Å². The molecule has 1 aromatic rings. The molecule has 0 atom stereocenters. The summed E-state index contributed by atoms with van der Waals surface area (Å²) in [6.07, 6.45) is 4.93. The Morgan fingerprint density at radius 1 is 1.37 bits per heavy atom. The van der Waals surface area contributed by atoms with Crippen LogP contribution in [0, 0.1) is 11.7 Å². The Morgan fingerprint density at radius 3 is 2.47 bits per heavy atom. The van der Waals surface area contributed by atoms with Crippen molar-refractivity contribution in [3.05, 3.63) is 18.2 Å². The fraction of sp³-hybridized carbons (Fsp3) is 0.636. The largest absolute Gasteiger partial charge is 0.341 e. The fourth-order valence-corrected chi connectivity index (χ4v) is 2.43. The normalized spacial score (nSPS) is 17.7. The number of aromatic nitrogens is 2. The van der Waals surface area contributed by atoms with Crippen LogP contribution in [0.5, 0.6) is 0 Å². The fourth-order valence-electron chi connectivity index (χ4n) is 1.99. The molecule has 0 unspecified atom stereocenters. The van der Waals surface area contributed by atoms with Gasteiger partial charge < -0.3 is 4.90 Å². The molecule has 6 nitrogen and oxygen atoms in total. The van der Waals surface area contributed by atoms with Gasteiger partial charge in [0.1, 0.15) is 0 Å². The second-order valence-electron chi connectivity index (χ2n) is 4.62. The van der Waals surface area contributed by atoms with E-state index in [4.69, 9.17) is 4.18 Å². The first-order valence-corrected chi connectivity index (χ1v) is 7.82. The molecule has 1 saturated heterocycles. The van der Waals surface area contributed by atoms with E-state index in [2.05, 4.69) is 9.97 Å². The van der Waals surface area contributed by atoms with Crippen molar-refractivity contribution < 1.29 is 17.0 Å². The molecule has 0 N–H and O–H groups in total. The molecule has 1 aromatic heterocycles. The molecule has 0 amide bonds. The van der Waals surface area contributed by atoms with Crippen molar-refractivity contribution in [3.8, 4) is 0 Å². The summed E-state index contributed by atoms with van der Waals surface area (Å²) < 4.78 is 39.3. The van der Waals surface area contributed by atoms with Crippen LogP contribution in [0.1, 0.15) is 12.8 Å². The summed E-state index contributed by atoms with van der Waals surface area (Å²) in [6, 6.07) is 0. The van der Waals surface area contributed by atoms with E-state index in [1.807, 2.05) is 4.90 Å². The Kier molecular flexibility index (Phi) is 4.31. The predicted molar refractivity (Wildman–Crippen MR) is 67.7 cm³/mol.